The number of ether oxygens (including phenoxy) is 1. The molecule has 0 aliphatic rings. The molecule has 8 nitrogen and oxygen atoms in total. The molecule has 2 N–H and O–H groups in total. The van der Waals surface area contributed by atoms with Crippen LogP contribution in [0.15, 0.2) is 61.2 Å². The molecule has 0 spiro atoms. The van der Waals surface area contributed by atoms with Crippen LogP contribution in [0.25, 0.3) is 27.8 Å². The lowest BCUT2D eigenvalue weighted by molar-refractivity contribution is 0.0705. The predicted octanol–water partition coefficient (Wildman–Crippen LogP) is 2.61. The fourth-order valence-electron chi connectivity index (χ4n) is 2.96. The Morgan fingerprint density at radius 1 is 1.19 bits per heavy atom. The number of aromatic nitrogens is 4. The molecule has 0 saturated heterocycles. The van der Waals surface area contributed by atoms with Gasteiger partial charge >= 0.3 is 0 Å². The summed E-state index contributed by atoms with van der Waals surface area (Å²) in [4.78, 5) is 21.0. The molecule has 4 aromatic rings. The molecule has 0 bridgehead atoms. The van der Waals surface area contributed by atoms with Crippen LogP contribution in [0.5, 0.6) is 5.75 Å². The maximum atomic E-state index is 12.3. The Balaban J connectivity index is 1.92. The molecule has 3 aromatic heterocycles. The molecule has 0 unspecified atom stereocenters. The SMILES string of the molecule is COc1c(-c2ccc(-n3cccn3)cc2)nc2ccncc2c1C(=O)NO. The van der Waals surface area contributed by atoms with Gasteiger partial charge in [0.15, 0.2) is 5.75 Å². The van der Waals surface area contributed by atoms with Crippen molar-refractivity contribution in [2.75, 3.05) is 7.11 Å². The molecule has 1 aromatic carbocycles. The van der Waals surface area contributed by atoms with Crippen molar-refractivity contribution in [1.82, 2.24) is 25.2 Å². The first-order chi connectivity index (χ1) is 13.2. The minimum Gasteiger partial charge on any atom is -0.494 e. The van der Waals surface area contributed by atoms with Gasteiger partial charge in [0.05, 0.1) is 23.9 Å². The quantitative estimate of drug-likeness (QED) is 0.428. The summed E-state index contributed by atoms with van der Waals surface area (Å²) in [6.07, 6.45) is 6.66. The summed E-state index contributed by atoms with van der Waals surface area (Å²) in [5.74, 6) is -0.435. The second-order valence-electron chi connectivity index (χ2n) is 5.70. The molecule has 0 radical (unpaired) electrons. The molecule has 0 fully saturated rings. The number of fused-ring (bicyclic) bond motifs is 1. The summed E-state index contributed by atoms with van der Waals surface area (Å²) in [5, 5.41) is 13.9. The second kappa shape index (κ2) is 6.85. The standard InChI is InChI=1S/C19H15N5O3/c1-27-18-16(19(25)23-26)14-11-20-9-7-15(14)22-17(18)12-3-5-13(6-4-12)24-10-2-8-21-24/h2-11,26H,1H3,(H,23,25). The number of pyridine rings is 2. The molecule has 3 heterocycles. The largest absolute Gasteiger partial charge is 0.494 e. The number of amides is 1. The van der Waals surface area contributed by atoms with Crippen LogP contribution in [0.1, 0.15) is 10.4 Å². The Labute approximate surface area is 154 Å². The van der Waals surface area contributed by atoms with Crippen molar-refractivity contribution in [2.24, 2.45) is 0 Å². The number of benzene rings is 1. The van der Waals surface area contributed by atoms with Gasteiger partial charge in [0.25, 0.3) is 5.91 Å². The van der Waals surface area contributed by atoms with Crippen molar-refractivity contribution in [2.45, 2.75) is 0 Å². The average Bonchev–Trinajstić information content (AvgIpc) is 3.26. The van der Waals surface area contributed by atoms with E-state index in [4.69, 9.17) is 9.94 Å². The Morgan fingerprint density at radius 3 is 2.67 bits per heavy atom. The molecular formula is C19H15N5O3. The Bertz CT molecular complexity index is 1110. The first kappa shape index (κ1) is 16.7. The minimum absolute atomic E-state index is 0.171. The van der Waals surface area contributed by atoms with Crippen LogP contribution >= 0.6 is 0 Å². The zero-order valence-corrected chi connectivity index (χ0v) is 14.3. The topological polar surface area (TPSA) is 102 Å². The van der Waals surface area contributed by atoms with Crippen molar-refractivity contribution in [3.8, 4) is 22.7 Å². The van der Waals surface area contributed by atoms with E-state index in [9.17, 15) is 4.79 Å². The molecule has 0 aliphatic heterocycles. The highest BCUT2D eigenvalue weighted by Crippen LogP contribution is 2.36. The van der Waals surface area contributed by atoms with Crippen molar-refractivity contribution in [3.63, 3.8) is 0 Å². The van der Waals surface area contributed by atoms with Crippen LogP contribution in [0.2, 0.25) is 0 Å². The molecule has 0 saturated carbocycles. The zero-order chi connectivity index (χ0) is 18.8. The van der Waals surface area contributed by atoms with Gasteiger partial charge in [0, 0.05) is 35.7 Å². The van der Waals surface area contributed by atoms with Crippen LogP contribution in [0.3, 0.4) is 0 Å². The number of hydrogen-bond acceptors (Lipinski definition) is 6. The highest BCUT2D eigenvalue weighted by Gasteiger charge is 2.22. The van der Waals surface area contributed by atoms with Gasteiger partial charge in [-0.2, -0.15) is 5.10 Å². The van der Waals surface area contributed by atoms with Crippen molar-refractivity contribution in [3.05, 3.63) is 66.7 Å². The van der Waals surface area contributed by atoms with Gasteiger partial charge in [-0.3, -0.25) is 15.0 Å². The summed E-state index contributed by atoms with van der Waals surface area (Å²) >= 11 is 0. The highest BCUT2D eigenvalue weighted by atomic mass is 16.5. The van der Waals surface area contributed by atoms with Gasteiger partial charge in [0.1, 0.15) is 5.69 Å². The van der Waals surface area contributed by atoms with Gasteiger partial charge in [-0.05, 0) is 24.3 Å². The number of hydroxylamine groups is 1. The molecule has 0 aliphatic carbocycles. The Kier molecular flexibility index (Phi) is 4.23. The number of nitrogens with zero attached hydrogens (tertiary/aromatic N) is 4. The van der Waals surface area contributed by atoms with E-state index in [2.05, 4.69) is 15.1 Å². The van der Waals surface area contributed by atoms with Gasteiger partial charge in [-0.1, -0.05) is 12.1 Å². The third-order valence-electron chi connectivity index (χ3n) is 4.18. The number of carbonyl (C=O) groups excluding carboxylic acids is 1. The van der Waals surface area contributed by atoms with Crippen LogP contribution in [-0.4, -0.2) is 38.0 Å². The van der Waals surface area contributed by atoms with Crippen LogP contribution in [-0.2, 0) is 0 Å². The van der Waals surface area contributed by atoms with E-state index in [0.717, 1.165) is 11.3 Å². The first-order valence-corrected chi connectivity index (χ1v) is 8.09. The third kappa shape index (κ3) is 2.87. The van der Waals surface area contributed by atoms with Crippen molar-refractivity contribution in [1.29, 1.82) is 0 Å². The summed E-state index contributed by atoms with van der Waals surface area (Å²) in [7, 11) is 1.45. The van der Waals surface area contributed by atoms with Crippen LogP contribution in [0, 0.1) is 0 Å². The summed E-state index contributed by atoms with van der Waals surface area (Å²) in [5.41, 5.74) is 4.54. The molecule has 1 amide bonds. The summed E-state index contributed by atoms with van der Waals surface area (Å²) in [6, 6.07) is 11.1. The normalized spacial score (nSPS) is 10.7. The molecule has 134 valence electrons. The number of carbonyl (C=O) groups is 1. The molecule has 8 heteroatoms. The van der Waals surface area contributed by atoms with E-state index in [-0.39, 0.29) is 11.3 Å². The zero-order valence-electron chi connectivity index (χ0n) is 14.3. The van der Waals surface area contributed by atoms with Crippen molar-refractivity contribution >= 4 is 16.8 Å². The van der Waals surface area contributed by atoms with E-state index in [1.807, 2.05) is 36.5 Å². The second-order valence-corrected chi connectivity index (χ2v) is 5.70. The monoisotopic (exact) mass is 361 g/mol. The molecule has 0 atom stereocenters. The van der Waals surface area contributed by atoms with E-state index in [0.29, 0.717) is 16.6 Å². The van der Waals surface area contributed by atoms with Gasteiger partial charge in [0.2, 0.25) is 0 Å². The fraction of sp³-hybridized carbons (Fsp3) is 0.0526. The van der Waals surface area contributed by atoms with E-state index in [1.54, 1.807) is 28.6 Å². The van der Waals surface area contributed by atoms with Gasteiger partial charge in [-0.15, -0.1) is 0 Å². The number of rotatable bonds is 4. The third-order valence-corrected chi connectivity index (χ3v) is 4.18. The summed E-state index contributed by atoms with van der Waals surface area (Å²) < 4.78 is 7.23. The van der Waals surface area contributed by atoms with Gasteiger partial charge in [-0.25, -0.2) is 15.1 Å². The maximum Gasteiger partial charge on any atom is 0.279 e. The lowest BCUT2D eigenvalue weighted by Gasteiger charge is -2.15. The maximum absolute atomic E-state index is 12.3. The Morgan fingerprint density at radius 2 is 2.00 bits per heavy atom. The van der Waals surface area contributed by atoms with E-state index in [1.165, 1.54) is 13.3 Å². The lowest BCUT2D eigenvalue weighted by atomic mass is 10.0. The molecule has 27 heavy (non-hydrogen) atoms. The number of methoxy groups -OCH3 is 1. The van der Waals surface area contributed by atoms with Crippen LogP contribution in [0.4, 0.5) is 0 Å². The Hall–Kier alpha value is -3.78. The minimum atomic E-state index is -0.693. The number of hydrogen-bond donors (Lipinski definition) is 2. The van der Waals surface area contributed by atoms with Crippen molar-refractivity contribution < 1.29 is 14.7 Å². The molecule has 4 rings (SSSR count). The van der Waals surface area contributed by atoms with Crippen LogP contribution < -0.4 is 10.2 Å². The van der Waals surface area contributed by atoms with E-state index < -0.39 is 5.91 Å². The average molecular weight is 361 g/mol. The summed E-state index contributed by atoms with van der Waals surface area (Å²) in [6.45, 7) is 0. The molecular weight excluding hydrogens is 346 g/mol. The van der Waals surface area contributed by atoms with Gasteiger partial charge < -0.3 is 4.74 Å². The predicted molar refractivity (Wildman–Crippen MR) is 97.9 cm³/mol. The number of nitrogens with one attached hydrogen (secondary N) is 1. The smallest absolute Gasteiger partial charge is 0.279 e. The first-order valence-electron chi connectivity index (χ1n) is 8.09. The fourth-order valence-corrected chi connectivity index (χ4v) is 2.96. The highest BCUT2D eigenvalue weighted by molar-refractivity contribution is 6.09. The van der Waals surface area contributed by atoms with E-state index >= 15 is 0 Å². The lowest BCUT2D eigenvalue weighted by Crippen LogP contribution is -2.20.